The number of rotatable bonds is 6. The van der Waals surface area contributed by atoms with Crippen LogP contribution in [0.5, 0.6) is 0 Å². The Balaban J connectivity index is 1.63. The molecule has 0 radical (unpaired) electrons. The van der Waals surface area contributed by atoms with Crippen molar-refractivity contribution in [3.63, 3.8) is 0 Å². The Morgan fingerprint density at radius 3 is 2.52 bits per heavy atom. The zero-order valence-electron chi connectivity index (χ0n) is 18.6. The van der Waals surface area contributed by atoms with Crippen LogP contribution in [-0.2, 0) is 11.3 Å². The fraction of sp³-hybridized carbons (Fsp3) is 0.652. The maximum absolute atomic E-state index is 13.5. The number of fused-ring (bicyclic) bond motifs is 1. The van der Waals surface area contributed by atoms with Crippen molar-refractivity contribution in [1.29, 1.82) is 0 Å². The summed E-state index contributed by atoms with van der Waals surface area (Å²) in [6, 6.07) is 0.267. The maximum Gasteiger partial charge on any atom is 0.257 e. The highest BCUT2D eigenvalue weighted by Crippen LogP contribution is 2.33. The summed E-state index contributed by atoms with van der Waals surface area (Å²) in [5, 5.41) is 9.06. The van der Waals surface area contributed by atoms with E-state index >= 15 is 0 Å². The topological polar surface area (TPSA) is 106 Å². The van der Waals surface area contributed by atoms with Crippen LogP contribution < -0.4 is 11.1 Å². The van der Waals surface area contributed by atoms with Gasteiger partial charge in [-0.25, -0.2) is 9.67 Å². The normalized spacial score (nSPS) is 19.5. The van der Waals surface area contributed by atoms with E-state index < -0.39 is 0 Å². The van der Waals surface area contributed by atoms with Crippen molar-refractivity contribution < 1.29 is 9.59 Å². The Kier molecular flexibility index (Phi) is 6.43. The second-order valence-electron chi connectivity index (χ2n) is 9.04. The van der Waals surface area contributed by atoms with Crippen molar-refractivity contribution in [3.8, 4) is 0 Å². The Morgan fingerprint density at radius 1 is 1.16 bits per heavy atom. The fourth-order valence-corrected chi connectivity index (χ4v) is 5.09. The minimum absolute atomic E-state index is 0.0417. The van der Waals surface area contributed by atoms with E-state index in [4.69, 9.17) is 5.73 Å². The van der Waals surface area contributed by atoms with Crippen LogP contribution in [0, 0.1) is 11.8 Å². The molecule has 4 rings (SSSR count). The Labute approximate surface area is 183 Å². The second-order valence-corrected chi connectivity index (χ2v) is 9.04. The number of anilines is 1. The van der Waals surface area contributed by atoms with Gasteiger partial charge < -0.3 is 16.0 Å². The van der Waals surface area contributed by atoms with Gasteiger partial charge in [0.2, 0.25) is 5.91 Å². The van der Waals surface area contributed by atoms with Gasteiger partial charge in [0.25, 0.3) is 5.91 Å². The zero-order chi connectivity index (χ0) is 22.0. The molecule has 2 amide bonds. The third-order valence-corrected chi connectivity index (χ3v) is 7.11. The van der Waals surface area contributed by atoms with Gasteiger partial charge in [-0.15, -0.1) is 0 Å². The SMILES string of the molecule is CCn1ncc2c(N[C@H](C)C3CCCCC3)c(C(=O)N3CCC(C(N)=O)CC3)cnc21. The van der Waals surface area contributed by atoms with Crippen LogP contribution in [0.2, 0.25) is 0 Å². The van der Waals surface area contributed by atoms with E-state index in [2.05, 4.69) is 22.3 Å². The molecule has 0 bridgehead atoms. The molecule has 8 heteroatoms. The Bertz CT molecular complexity index is 941. The summed E-state index contributed by atoms with van der Waals surface area (Å²) in [5.74, 6) is 0.148. The van der Waals surface area contributed by atoms with Gasteiger partial charge in [-0.1, -0.05) is 19.3 Å². The minimum Gasteiger partial charge on any atom is -0.381 e. The van der Waals surface area contributed by atoms with Crippen molar-refractivity contribution in [2.24, 2.45) is 17.6 Å². The average molecular weight is 427 g/mol. The molecule has 1 saturated heterocycles. The van der Waals surface area contributed by atoms with Crippen LogP contribution in [0.1, 0.15) is 69.2 Å². The number of pyridine rings is 1. The number of nitrogens with two attached hydrogens (primary N) is 1. The molecule has 1 aliphatic heterocycles. The Hall–Kier alpha value is -2.64. The summed E-state index contributed by atoms with van der Waals surface area (Å²) in [5.41, 5.74) is 7.68. The van der Waals surface area contributed by atoms with E-state index in [0.717, 1.165) is 23.3 Å². The smallest absolute Gasteiger partial charge is 0.257 e. The number of amides is 2. The highest BCUT2D eigenvalue weighted by atomic mass is 16.2. The molecule has 0 aromatic carbocycles. The third kappa shape index (κ3) is 4.38. The molecule has 2 fully saturated rings. The first-order valence-electron chi connectivity index (χ1n) is 11.7. The van der Waals surface area contributed by atoms with E-state index in [1.807, 2.05) is 22.7 Å². The van der Waals surface area contributed by atoms with Gasteiger partial charge in [-0.3, -0.25) is 9.59 Å². The molecular formula is C23H34N6O2. The molecule has 2 aromatic heterocycles. The van der Waals surface area contributed by atoms with Crippen LogP contribution >= 0.6 is 0 Å². The van der Waals surface area contributed by atoms with Gasteiger partial charge in [0.1, 0.15) is 0 Å². The molecule has 31 heavy (non-hydrogen) atoms. The first-order valence-corrected chi connectivity index (χ1v) is 11.7. The molecule has 1 saturated carbocycles. The lowest BCUT2D eigenvalue weighted by atomic mass is 9.84. The van der Waals surface area contributed by atoms with E-state index in [1.54, 1.807) is 6.20 Å². The number of carbonyl (C=O) groups is 2. The summed E-state index contributed by atoms with van der Waals surface area (Å²) < 4.78 is 1.86. The standard InChI is InChI=1S/C23H34N6O2/c1-3-29-22-18(14-26-29)20(27-15(2)16-7-5-4-6-8-16)19(13-25-22)23(31)28-11-9-17(10-12-28)21(24)30/h13-17H,3-12H2,1-2H3,(H2,24,30)(H,25,27)/t15-/m1/s1. The molecule has 2 aromatic rings. The van der Waals surface area contributed by atoms with Gasteiger partial charge >= 0.3 is 0 Å². The van der Waals surface area contributed by atoms with Gasteiger partial charge in [0, 0.05) is 37.8 Å². The van der Waals surface area contributed by atoms with Crippen LogP contribution in [0.3, 0.4) is 0 Å². The molecule has 3 N–H and O–H groups in total. The van der Waals surface area contributed by atoms with Gasteiger partial charge in [0.15, 0.2) is 5.65 Å². The summed E-state index contributed by atoms with van der Waals surface area (Å²) in [6.45, 7) is 6.06. The highest BCUT2D eigenvalue weighted by Gasteiger charge is 2.30. The van der Waals surface area contributed by atoms with E-state index in [0.29, 0.717) is 37.4 Å². The number of carbonyl (C=O) groups excluding carboxylic acids is 2. The largest absolute Gasteiger partial charge is 0.381 e. The molecule has 0 spiro atoms. The third-order valence-electron chi connectivity index (χ3n) is 7.11. The van der Waals surface area contributed by atoms with Crippen molar-refractivity contribution in [2.45, 2.75) is 71.4 Å². The summed E-state index contributed by atoms with van der Waals surface area (Å²) in [4.78, 5) is 31.4. The Morgan fingerprint density at radius 2 is 1.87 bits per heavy atom. The van der Waals surface area contributed by atoms with E-state index in [-0.39, 0.29) is 23.8 Å². The number of nitrogens with zero attached hydrogens (tertiary/aromatic N) is 4. The number of primary amides is 1. The van der Waals surface area contributed by atoms with Gasteiger partial charge in [0.05, 0.1) is 22.8 Å². The van der Waals surface area contributed by atoms with Gasteiger partial charge in [-0.05, 0) is 45.4 Å². The number of piperidine rings is 1. The first-order chi connectivity index (χ1) is 15.0. The maximum atomic E-state index is 13.5. The number of likely N-dealkylation sites (tertiary alicyclic amines) is 1. The minimum atomic E-state index is -0.272. The van der Waals surface area contributed by atoms with Crippen molar-refractivity contribution in [3.05, 3.63) is 18.0 Å². The summed E-state index contributed by atoms with van der Waals surface area (Å²) in [7, 11) is 0. The average Bonchev–Trinajstić information content (AvgIpc) is 3.23. The lowest BCUT2D eigenvalue weighted by Gasteiger charge is -2.32. The quantitative estimate of drug-likeness (QED) is 0.738. The molecule has 8 nitrogen and oxygen atoms in total. The number of hydrogen-bond donors (Lipinski definition) is 2. The molecule has 3 heterocycles. The molecule has 168 valence electrons. The number of aromatic nitrogens is 3. The highest BCUT2D eigenvalue weighted by molar-refractivity contribution is 6.06. The first kappa shape index (κ1) is 21.6. The lowest BCUT2D eigenvalue weighted by molar-refractivity contribution is -0.123. The summed E-state index contributed by atoms with van der Waals surface area (Å²) >= 11 is 0. The predicted molar refractivity (Wildman–Crippen MR) is 121 cm³/mol. The number of hydrogen-bond acceptors (Lipinski definition) is 5. The van der Waals surface area contributed by atoms with Gasteiger partial charge in [-0.2, -0.15) is 5.10 Å². The van der Waals surface area contributed by atoms with Crippen molar-refractivity contribution >= 4 is 28.5 Å². The van der Waals surface area contributed by atoms with E-state index in [1.165, 1.54) is 32.1 Å². The van der Waals surface area contributed by atoms with Crippen molar-refractivity contribution in [2.75, 3.05) is 18.4 Å². The van der Waals surface area contributed by atoms with E-state index in [9.17, 15) is 9.59 Å². The van der Waals surface area contributed by atoms with Crippen molar-refractivity contribution in [1.82, 2.24) is 19.7 Å². The molecule has 2 aliphatic rings. The molecule has 1 aliphatic carbocycles. The molecular weight excluding hydrogens is 392 g/mol. The molecule has 1 atom stereocenters. The van der Waals surface area contributed by atoms with Crippen LogP contribution in [0.25, 0.3) is 11.0 Å². The van der Waals surface area contributed by atoms with Crippen LogP contribution in [0.4, 0.5) is 5.69 Å². The number of aryl methyl sites for hydroxylation is 1. The van der Waals surface area contributed by atoms with Crippen LogP contribution in [-0.4, -0.2) is 50.6 Å². The van der Waals surface area contributed by atoms with Crippen LogP contribution in [0.15, 0.2) is 12.4 Å². The molecule has 0 unspecified atom stereocenters. The number of nitrogens with one attached hydrogen (secondary N) is 1. The fourth-order valence-electron chi connectivity index (χ4n) is 5.09. The monoisotopic (exact) mass is 426 g/mol. The second kappa shape index (κ2) is 9.24. The lowest BCUT2D eigenvalue weighted by Crippen LogP contribution is -2.42. The zero-order valence-corrected chi connectivity index (χ0v) is 18.6. The predicted octanol–water partition coefficient (Wildman–Crippen LogP) is 3.17. The summed E-state index contributed by atoms with van der Waals surface area (Å²) in [6.07, 6.45) is 11.1.